The van der Waals surface area contributed by atoms with Crippen molar-refractivity contribution in [2.75, 3.05) is 13.8 Å². The van der Waals surface area contributed by atoms with Gasteiger partial charge in [-0.1, -0.05) is 19.9 Å². The summed E-state index contributed by atoms with van der Waals surface area (Å²) in [5.74, 6) is 0.215. The van der Waals surface area contributed by atoms with E-state index >= 15 is 0 Å². The van der Waals surface area contributed by atoms with Crippen LogP contribution in [0.5, 0.6) is 5.75 Å². The summed E-state index contributed by atoms with van der Waals surface area (Å²) in [6.45, 7) is 4.48. The number of aromatic nitrogens is 2. The van der Waals surface area contributed by atoms with E-state index < -0.39 is 24.6 Å². The lowest BCUT2D eigenvalue weighted by Crippen LogP contribution is -2.05. The Balaban J connectivity index is 0.00000151. The Morgan fingerprint density at radius 2 is 1.92 bits per heavy atom. The largest absolute Gasteiger partial charge is 0.496 e. The van der Waals surface area contributed by atoms with Gasteiger partial charge in [0.1, 0.15) is 18.2 Å². The van der Waals surface area contributed by atoms with Crippen molar-refractivity contribution in [2.45, 2.75) is 39.6 Å². The number of hydrogen-bond donors (Lipinski definition) is 1. The second kappa shape index (κ2) is 8.84. The van der Waals surface area contributed by atoms with Crippen LogP contribution in [0.3, 0.4) is 0 Å². The highest BCUT2D eigenvalue weighted by atomic mass is 19.4. The van der Waals surface area contributed by atoms with E-state index in [9.17, 15) is 22.7 Å². The minimum absolute atomic E-state index is 0.0380. The van der Waals surface area contributed by atoms with E-state index in [1.54, 1.807) is 13.0 Å². The molecule has 1 atom stereocenters. The van der Waals surface area contributed by atoms with E-state index in [1.165, 1.54) is 19.2 Å². The lowest BCUT2D eigenvalue weighted by Gasteiger charge is -2.13. The highest BCUT2D eigenvalue weighted by molar-refractivity contribution is 5.66. The molecule has 2 rings (SSSR count). The van der Waals surface area contributed by atoms with Crippen LogP contribution in [0.25, 0.3) is 11.4 Å². The number of alkyl halides is 4. The van der Waals surface area contributed by atoms with Gasteiger partial charge in [-0.05, 0) is 24.6 Å². The number of rotatable bonds is 5. The number of methoxy groups -OCH3 is 1. The Kier molecular flexibility index (Phi) is 7.41. The van der Waals surface area contributed by atoms with E-state index in [4.69, 9.17) is 4.74 Å². The third-order valence-corrected chi connectivity index (χ3v) is 3.34. The third kappa shape index (κ3) is 4.94. The number of benzene rings is 1. The molecule has 25 heavy (non-hydrogen) atoms. The zero-order chi connectivity index (χ0) is 19.2. The van der Waals surface area contributed by atoms with E-state index in [1.807, 2.05) is 13.8 Å². The molecule has 0 aliphatic rings. The van der Waals surface area contributed by atoms with Crippen LogP contribution in [0.15, 0.2) is 24.4 Å². The Morgan fingerprint density at radius 3 is 2.40 bits per heavy atom. The molecule has 0 saturated carbocycles. The number of nitrogens with zero attached hydrogens (tertiary/aromatic N) is 2. The first kappa shape index (κ1) is 21.0. The molecule has 0 bridgehead atoms. The minimum Gasteiger partial charge on any atom is -0.496 e. The van der Waals surface area contributed by atoms with Crippen LogP contribution in [0.2, 0.25) is 0 Å². The van der Waals surface area contributed by atoms with Crippen molar-refractivity contribution in [2.24, 2.45) is 0 Å². The summed E-state index contributed by atoms with van der Waals surface area (Å²) in [5.41, 5.74) is -0.256. The van der Waals surface area contributed by atoms with Gasteiger partial charge in [0.2, 0.25) is 0 Å². The van der Waals surface area contributed by atoms with Gasteiger partial charge in [-0.25, -0.2) is 9.37 Å². The number of aliphatic hydroxyl groups excluding tert-OH is 1. The van der Waals surface area contributed by atoms with Gasteiger partial charge in [-0.15, -0.1) is 0 Å². The van der Waals surface area contributed by atoms with Crippen LogP contribution in [-0.4, -0.2) is 28.4 Å². The lowest BCUT2D eigenvalue weighted by molar-refractivity contribution is -0.140. The molecule has 1 aromatic carbocycles. The second-order valence-electron chi connectivity index (χ2n) is 4.97. The zero-order valence-corrected chi connectivity index (χ0v) is 14.6. The fraction of sp³-hybridized carbons (Fsp3) is 0.471. The van der Waals surface area contributed by atoms with Crippen molar-refractivity contribution >= 4 is 0 Å². The molecule has 0 fully saturated rings. The highest BCUT2D eigenvalue weighted by Gasteiger charge is 2.35. The highest BCUT2D eigenvalue weighted by Crippen LogP contribution is 2.35. The zero-order valence-electron chi connectivity index (χ0n) is 14.6. The Hall–Kier alpha value is -2.09. The predicted octanol–water partition coefficient (Wildman–Crippen LogP) is 4.63. The summed E-state index contributed by atoms with van der Waals surface area (Å²) in [5, 5.41) is 9.58. The molecule has 2 aromatic rings. The standard InChI is InChI=1S/C15H16F4N2O2.C2H6/c1-9(22)10-3-4-11(12(7-10)23-2)14-20-13(15(17,18)19)8-21(14)6-5-16;1-2/h3-4,7-9,22H,5-6H2,1-2H3;1-2H3. The van der Waals surface area contributed by atoms with Crippen LogP contribution in [0, 0.1) is 0 Å². The first-order valence-electron chi connectivity index (χ1n) is 7.84. The van der Waals surface area contributed by atoms with Crippen LogP contribution in [0.4, 0.5) is 17.6 Å². The number of ether oxygens (including phenoxy) is 1. The predicted molar refractivity (Wildman–Crippen MR) is 87.2 cm³/mol. The molecule has 0 aliphatic carbocycles. The van der Waals surface area contributed by atoms with Gasteiger partial charge >= 0.3 is 6.18 Å². The normalized spacial score (nSPS) is 12.4. The average Bonchev–Trinajstić information content (AvgIpc) is 3.00. The van der Waals surface area contributed by atoms with E-state index in [-0.39, 0.29) is 18.1 Å². The number of aryl methyl sites for hydroxylation is 1. The summed E-state index contributed by atoms with van der Waals surface area (Å²) >= 11 is 0. The van der Waals surface area contributed by atoms with E-state index in [2.05, 4.69) is 4.98 Å². The summed E-state index contributed by atoms with van der Waals surface area (Å²) < 4.78 is 57.5. The summed E-state index contributed by atoms with van der Waals surface area (Å²) in [7, 11) is 1.36. The molecule has 1 N–H and O–H groups in total. The molecule has 8 heteroatoms. The van der Waals surface area contributed by atoms with E-state index in [0.29, 0.717) is 11.1 Å². The Bertz CT molecular complexity index is 682. The molecule has 0 amide bonds. The van der Waals surface area contributed by atoms with Gasteiger partial charge in [0.25, 0.3) is 0 Å². The van der Waals surface area contributed by atoms with Gasteiger partial charge in [-0.2, -0.15) is 13.2 Å². The van der Waals surface area contributed by atoms with Crippen molar-refractivity contribution < 1.29 is 27.4 Å². The average molecular weight is 362 g/mol. The van der Waals surface area contributed by atoms with Crippen LogP contribution in [-0.2, 0) is 12.7 Å². The van der Waals surface area contributed by atoms with Crippen molar-refractivity contribution in [3.63, 3.8) is 0 Å². The fourth-order valence-corrected chi connectivity index (χ4v) is 2.18. The third-order valence-electron chi connectivity index (χ3n) is 3.34. The van der Waals surface area contributed by atoms with Gasteiger partial charge in [0, 0.05) is 6.20 Å². The molecule has 0 saturated heterocycles. The maximum absolute atomic E-state index is 12.9. The molecular weight excluding hydrogens is 340 g/mol. The number of hydrogen-bond acceptors (Lipinski definition) is 3. The summed E-state index contributed by atoms with van der Waals surface area (Å²) in [4.78, 5) is 3.58. The molecule has 140 valence electrons. The number of halogens is 4. The SMILES string of the molecule is CC.COc1cc(C(C)O)ccc1-c1nc(C(F)(F)F)cn1CCF. The van der Waals surface area contributed by atoms with Crippen LogP contribution in [0.1, 0.15) is 38.1 Å². The molecule has 1 unspecified atom stereocenters. The van der Waals surface area contributed by atoms with Gasteiger partial charge in [0.05, 0.1) is 25.3 Å². The lowest BCUT2D eigenvalue weighted by atomic mass is 10.1. The van der Waals surface area contributed by atoms with Crippen LogP contribution >= 0.6 is 0 Å². The minimum atomic E-state index is -4.62. The summed E-state index contributed by atoms with van der Waals surface area (Å²) in [6.07, 6.45) is -4.60. The molecule has 0 radical (unpaired) electrons. The van der Waals surface area contributed by atoms with Gasteiger partial charge in [0.15, 0.2) is 5.69 Å². The molecule has 0 aliphatic heterocycles. The maximum atomic E-state index is 12.9. The number of aliphatic hydroxyl groups is 1. The first-order valence-corrected chi connectivity index (χ1v) is 7.84. The fourth-order valence-electron chi connectivity index (χ4n) is 2.18. The molecule has 0 spiro atoms. The number of imidazole rings is 1. The molecule has 4 nitrogen and oxygen atoms in total. The van der Waals surface area contributed by atoms with Gasteiger partial charge < -0.3 is 14.4 Å². The van der Waals surface area contributed by atoms with E-state index in [0.717, 1.165) is 10.8 Å². The summed E-state index contributed by atoms with van der Waals surface area (Å²) in [6, 6.07) is 4.57. The Morgan fingerprint density at radius 1 is 1.28 bits per heavy atom. The molecule has 1 aromatic heterocycles. The molecular formula is C17H22F4N2O2. The monoisotopic (exact) mass is 362 g/mol. The molecule has 1 heterocycles. The van der Waals surface area contributed by atoms with Crippen molar-refractivity contribution in [3.8, 4) is 17.1 Å². The first-order chi connectivity index (χ1) is 11.8. The Labute approximate surface area is 144 Å². The second-order valence-corrected chi connectivity index (χ2v) is 4.97. The topological polar surface area (TPSA) is 47.3 Å². The van der Waals surface area contributed by atoms with Crippen molar-refractivity contribution in [3.05, 3.63) is 35.7 Å². The van der Waals surface area contributed by atoms with Crippen molar-refractivity contribution in [1.82, 2.24) is 9.55 Å². The maximum Gasteiger partial charge on any atom is 0.434 e. The smallest absolute Gasteiger partial charge is 0.434 e. The van der Waals surface area contributed by atoms with Crippen molar-refractivity contribution in [1.29, 1.82) is 0 Å². The quantitative estimate of drug-likeness (QED) is 0.789. The van der Waals surface area contributed by atoms with Crippen LogP contribution < -0.4 is 4.74 Å². The van der Waals surface area contributed by atoms with Gasteiger partial charge in [-0.3, -0.25) is 0 Å².